The average Bonchev–Trinajstić information content (AvgIpc) is 3.48. The molecule has 1 heteroatoms. The molecule has 0 amide bonds. The number of aromatic nitrogens is 1. The van der Waals surface area contributed by atoms with Crippen LogP contribution in [0.3, 0.4) is 0 Å². The van der Waals surface area contributed by atoms with Gasteiger partial charge in [0.15, 0.2) is 0 Å². The number of nitrogens with zero attached hydrogens (tertiary/aromatic N) is 1. The number of benzene rings is 5. The van der Waals surface area contributed by atoms with E-state index in [9.17, 15) is 0 Å². The molecule has 0 aliphatic heterocycles. The normalized spacial score (nSPS) is 15.4. The molecular formula is C49H39N. The number of rotatable bonds is 10. The van der Waals surface area contributed by atoms with Crippen LogP contribution in [0, 0.1) is 0 Å². The van der Waals surface area contributed by atoms with Crippen LogP contribution in [-0.2, 0) is 5.41 Å². The zero-order chi connectivity index (χ0) is 34.5. The van der Waals surface area contributed by atoms with Gasteiger partial charge in [0.2, 0.25) is 0 Å². The molecule has 1 heterocycles. The molecule has 1 aliphatic carbocycles. The van der Waals surface area contributed by atoms with Crippen molar-refractivity contribution in [3.63, 3.8) is 0 Å². The molecule has 6 aromatic rings. The van der Waals surface area contributed by atoms with Gasteiger partial charge in [-0.25, -0.2) is 4.98 Å². The second-order valence-corrected chi connectivity index (χ2v) is 12.4. The van der Waals surface area contributed by atoms with Crippen molar-refractivity contribution >= 4 is 5.57 Å². The Balaban J connectivity index is 1.51. The highest BCUT2D eigenvalue weighted by Gasteiger charge is 2.47. The highest BCUT2D eigenvalue weighted by atomic mass is 14.7. The minimum Gasteiger partial charge on any atom is -0.248 e. The Labute approximate surface area is 296 Å². The smallest absolute Gasteiger partial charge is 0.0722 e. The molecule has 0 spiro atoms. The van der Waals surface area contributed by atoms with E-state index >= 15 is 0 Å². The van der Waals surface area contributed by atoms with Crippen LogP contribution in [0.1, 0.15) is 29.3 Å². The summed E-state index contributed by atoms with van der Waals surface area (Å²) >= 11 is 0. The minimum atomic E-state index is -0.549. The molecular weight excluding hydrogens is 603 g/mol. The number of hydrogen-bond donors (Lipinski definition) is 0. The van der Waals surface area contributed by atoms with Gasteiger partial charge in [-0.2, -0.15) is 0 Å². The predicted octanol–water partition coefficient (Wildman–Crippen LogP) is 12.8. The van der Waals surface area contributed by atoms with E-state index in [-0.39, 0.29) is 0 Å². The van der Waals surface area contributed by atoms with Crippen molar-refractivity contribution in [3.8, 4) is 44.6 Å². The predicted molar refractivity (Wildman–Crippen MR) is 214 cm³/mol. The molecule has 0 radical (unpaired) electrons. The SMILES string of the molecule is C=C/C=C(\C=C)c1cc(-c2ccc(-c3ccccc3)cc2)cc(-c2cccc3c2-c2ccccc2C3(C(/C=C\C)=C/C=C)c2ccccc2)n1. The summed E-state index contributed by atoms with van der Waals surface area (Å²) in [5.74, 6) is 0. The third-order valence-corrected chi connectivity index (χ3v) is 9.59. The largest absolute Gasteiger partial charge is 0.248 e. The molecule has 7 rings (SSSR count). The summed E-state index contributed by atoms with van der Waals surface area (Å²) in [7, 11) is 0. The molecule has 0 N–H and O–H groups in total. The zero-order valence-electron chi connectivity index (χ0n) is 28.4. The van der Waals surface area contributed by atoms with Crippen molar-refractivity contribution in [2.24, 2.45) is 0 Å². The molecule has 0 fully saturated rings. The summed E-state index contributed by atoms with van der Waals surface area (Å²) in [5.41, 5.74) is 15.0. The zero-order valence-corrected chi connectivity index (χ0v) is 28.4. The molecule has 0 bridgehead atoms. The van der Waals surface area contributed by atoms with Gasteiger partial charge in [-0.3, -0.25) is 0 Å². The molecule has 1 nitrogen and oxygen atoms in total. The fraction of sp³-hybridized carbons (Fsp3) is 0.0408. The maximum Gasteiger partial charge on any atom is 0.0722 e. The Hall–Kier alpha value is -6.31. The fourth-order valence-electron chi connectivity index (χ4n) is 7.48. The van der Waals surface area contributed by atoms with Crippen molar-refractivity contribution in [1.29, 1.82) is 0 Å². The fourth-order valence-corrected chi connectivity index (χ4v) is 7.48. The Kier molecular flexibility index (Phi) is 9.06. The van der Waals surface area contributed by atoms with Gasteiger partial charge in [0.05, 0.1) is 16.8 Å². The lowest BCUT2D eigenvalue weighted by atomic mass is 9.67. The van der Waals surface area contributed by atoms with E-state index in [2.05, 4.69) is 178 Å². The molecule has 240 valence electrons. The molecule has 1 aromatic heterocycles. The Bertz CT molecular complexity index is 2300. The number of fused-ring (bicyclic) bond motifs is 3. The van der Waals surface area contributed by atoms with Crippen LogP contribution >= 0.6 is 0 Å². The number of hydrogen-bond acceptors (Lipinski definition) is 1. The van der Waals surface area contributed by atoms with E-state index < -0.39 is 5.41 Å². The Morgan fingerprint density at radius 3 is 1.86 bits per heavy atom. The molecule has 1 aliphatic rings. The summed E-state index contributed by atoms with van der Waals surface area (Å²) in [6.45, 7) is 14.3. The average molecular weight is 642 g/mol. The number of allylic oxidation sites excluding steroid dienone is 9. The first-order chi connectivity index (χ1) is 24.6. The van der Waals surface area contributed by atoms with Gasteiger partial charge >= 0.3 is 0 Å². The third kappa shape index (κ3) is 5.53. The summed E-state index contributed by atoms with van der Waals surface area (Å²) in [5, 5.41) is 0. The van der Waals surface area contributed by atoms with Crippen LogP contribution in [0.15, 0.2) is 207 Å². The number of pyridine rings is 1. The van der Waals surface area contributed by atoms with Crippen LogP contribution in [-0.4, -0.2) is 4.98 Å². The topological polar surface area (TPSA) is 12.9 Å². The molecule has 1 unspecified atom stereocenters. The highest BCUT2D eigenvalue weighted by molar-refractivity contribution is 5.96. The van der Waals surface area contributed by atoms with E-state index in [0.29, 0.717) is 0 Å². The second-order valence-electron chi connectivity index (χ2n) is 12.4. The summed E-state index contributed by atoms with van der Waals surface area (Å²) in [4.78, 5) is 5.34. The quantitative estimate of drug-likeness (QED) is 0.136. The summed E-state index contributed by atoms with van der Waals surface area (Å²) in [6, 6.07) is 50.0. The van der Waals surface area contributed by atoms with Crippen LogP contribution in [0.25, 0.3) is 50.2 Å². The van der Waals surface area contributed by atoms with Gasteiger partial charge in [0, 0.05) is 5.56 Å². The Morgan fingerprint density at radius 1 is 0.580 bits per heavy atom. The van der Waals surface area contributed by atoms with Crippen molar-refractivity contribution < 1.29 is 0 Å². The maximum atomic E-state index is 5.34. The highest BCUT2D eigenvalue weighted by Crippen LogP contribution is 2.58. The van der Waals surface area contributed by atoms with Gasteiger partial charge < -0.3 is 0 Å². The van der Waals surface area contributed by atoms with Crippen molar-refractivity contribution in [3.05, 3.63) is 230 Å². The van der Waals surface area contributed by atoms with Crippen LogP contribution in [0.2, 0.25) is 0 Å². The van der Waals surface area contributed by atoms with Gasteiger partial charge in [-0.1, -0.05) is 190 Å². The molecule has 5 aromatic carbocycles. The van der Waals surface area contributed by atoms with Crippen molar-refractivity contribution in [2.75, 3.05) is 0 Å². The maximum absolute atomic E-state index is 5.34. The van der Waals surface area contributed by atoms with E-state index in [0.717, 1.165) is 39.2 Å². The van der Waals surface area contributed by atoms with Crippen LogP contribution < -0.4 is 0 Å². The van der Waals surface area contributed by atoms with Gasteiger partial charge in [-0.15, -0.1) is 0 Å². The lowest BCUT2D eigenvalue weighted by molar-refractivity contribution is 0.767. The summed E-state index contributed by atoms with van der Waals surface area (Å²) in [6.07, 6.45) is 14.0. The van der Waals surface area contributed by atoms with E-state index in [1.54, 1.807) is 6.08 Å². The first-order valence-corrected chi connectivity index (χ1v) is 17.0. The minimum absolute atomic E-state index is 0.549. The van der Waals surface area contributed by atoms with Gasteiger partial charge in [0.25, 0.3) is 0 Å². The second kappa shape index (κ2) is 14.0. The van der Waals surface area contributed by atoms with Crippen LogP contribution in [0.4, 0.5) is 0 Å². The molecule has 0 saturated carbocycles. The molecule has 50 heavy (non-hydrogen) atoms. The lowest BCUT2D eigenvalue weighted by Gasteiger charge is -2.34. The first-order valence-electron chi connectivity index (χ1n) is 17.0. The van der Waals surface area contributed by atoms with E-state index in [4.69, 9.17) is 4.98 Å². The molecule has 1 atom stereocenters. The first kappa shape index (κ1) is 32.2. The van der Waals surface area contributed by atoms with Crippen molar-refractivity contribution in [1.82, 2.24) is 4.98 Å². The van der Waals surface area contributed by atoms with Gasteiger partial charge in [0.1, 0.15) is 0 Å². The Morgan fingerprint density at radius 2 is 1.18 bits per heavy atom. The van der Waals surface area contributed by atoms with E-state index in [1.165, 1.54) is 38.9 Å². The van der Waals surface area contributed by atoms with Crippen LogP contribution in [0.5, 0.6) is 0 Å². The lowest BCUT2D eigenvalue weighted by Crippen LogP contribution is -2.29. The third-order valence-electron chi connectivity index (χ3n) is 9.59. The molecule has 0 saturated heterocycles. The monoisotopic (exact) mass is 641 g/mol. The van der Waals surface area contributed by atoms with Crippen molar-refractivity contribution in [2.45, 2.75) is 12.3 Å². The van der Waals surface area contributed by atoms with Gasteiger partial charge in [-0.05, 0) is 80.3 Å². The summed E-state index contributed by atoms with van der Waals surface area (Å²) < 4.78 is 0. The standard InChI is InChI=1S/C49H39N/c1-5-18-35(8-4)46-33-39(38-31-29-37(30-32-38)36-21-11-9-12-22-36)34-47(50-46)43-26-17-28-45-48(43)42-25-15-16-27-44(42)49(45,40(19-6-2)20-7-3)41-23-13-10-14-24-41/h5-34H,1-2,4H2,3H3/b20-7-,35-18+,40-19+. The van der Waals surface area contributed by atoms with E-state index in [1.807, 2.05) is 24.3 Å².